The molecule has 1 unspecified atom stereocenters. The number of carbonyl (C=O) groups is 2. The fourth-order valence-electron chi connectivity index (χ4n) is 2.36. The van der Waals surface area contributed by atoms with Crippen molar-refractivity contribution in [3.63, 3.8) is 0 Å². The summed E-state index contributed by atoms with van der Waals surface area (Å²) in [6, 6.07) is 14.7. The van der Waals surface area contributed by atoms with Gasteiger partial charge in [-0.3, -0.25) is 5.32 Å². The number of aliphatic hydroxyl groups excluding tert-OH is 1. The number of rotatable bonds is 8. The van der Waals surface area contributed by atoms with Gasteiger partial charge in [0.25, 0.3) is 0 Å². The van der Waals surface area contributed by atoms with Gasteiger partial charge in [0.1, 0.15) is 13.4 Å². The van der Waals surface area contributed by atoms with Crippen LogP contribution in [0.25, 0.3) is 0 Å². The Morgan fingerprint density at radius 1 is 1.15 bits per heavy atom. The Morgan fingerprint density at radius 3 is 2.44 bits per heavy atom. The molecule has 144 valence electrons. The largest absolute Gasteiger partial charge is 0.479 e. The van der Waals surface area contributed by atoms with Crippen LogP contribution in [-0.2, 0) is 20.7 Å². The van der Waals surface area contributed by atoms with Gasteiger partial charge in [0.2, 0.25) is 0 Å². The molecular weight excluding hydrogens is 352 g/mol. The number of nitrogen functional groups attached to an aromatic ring is 1. The summed E-state index contributed by atoms with van der Waals surface area (Å²) in [5.74, 6) is -1.35. The molecule has 0 radical (unpaired) electrons. The fraction of sp³-hybridized carbons (Fsp3) is 0.263. The first kappa shape index (κ1) is 20.2. The van der Waals surface area contributed by atoms with Crippen molar-refractivity contribution in [1.82, 2.24) is 0 Å². The molecule has 0 heterocycles. The van der Waals surface area contributed by atoms with E-state index in [9.17, 15) is 9.59 Å². The Hall–Kier alpha value is -3.10. The van der Waals surface area contributed by atoms with Gasteiger partial charge >= 0.3 is 12.1 Å². The molecule has 0 aliphatic rings. The number of aliphatic carboxylic acids is 1. The first-order chi connectivity index (χ1) is 12.8. The molecule has 8 heteroatoms. The molecule has 5 N–H and O–H groups in total. The van der Waals surface area contributed by atoms with Gasteiger partial charge in [0, 0.05) is 11.4 Å². The first-order valence-corrected chi connectivity index (χ1v) is 8.18. The van der Waals surface area contributed by atoms with E-state index in [0.29, 0.717) is 17.8 Å². The van der Waals surface area contributed by atoms with Crippen LogP contribution in [0.15, 0.2) is 48.5 Å². The second-order valence-electron chi connectivity index (χ2n) is 6.13. The topological polar surface area (TPSA) is 131 Å². The molecule has 0 aromatic heterocycles. The molecule has 0 aliphatic carbocycles. The maximum Gasteiger partial charge on any atom is 0.411 e. The lowest BCUT2D eigenvalue weighted by atomic mass is 10.0. The second kappa shape index (κ2) is 9.02. The summed E-state index contributed by atoms with van der Waals surface area (Å²) in [5.41, 5.74) is 7.12. The molecule has 2 aromatic carbocycles. The molecule has 8 nitrogen and oxygen atoms in total. The number of nitrogens with one attached hydrogen (secondary N) is 1. The number of ether oxygens (including phenoxy) is 2. The number of benzene rings is 2. The zero-order valence-electron chi connectivity index (χ0n) is 14.8. The number of hydrogen-bond donors (Lipinski definition) is 4. The number of anilines is 2. The Labute approximate surface area is 156 Å². The Morgan fingerprint density at radius 2 is 1.81 bits per heavy atom. The molecule has 1 atom stereocenters. The third kappa shape index (κ3) is 5.98. The number of amides is 1. The standard InChI is InChI=1S/C19H22N2O6/c1-19(17(23)24,27-12-22)11-26-18(25)21-16-7-3-5-14(10-16)8-13-4-2-6-15(20)9-13/h2-7,9-10,22H,8,11-12,20H2,1H3,(H,21,25)(H,23,24). The molecular formula is C19H22N2O6. The summed E-state index contributed by atoms with van der Waals surface area (Å²) in [6.45, 7) is -0.164. The summed E-state index contributed by atoms with van der Waals surface area (Å²) in [7, 11) is 0. The van der Waals surface area contributed by atoms with Crippen LogP contribution in [0.1, 0.15) is 18.1 Å². The van der Waals surface area contributed by atoms with E-state index < -0.39 is 31.1 Å². The minimum absolute atomic E-state index is 0.501. The van der Waals surface area contributed by atoms with Crippen LogP contribution in [0.4, 0.5) is 16.2 Å². The molecule has 0 saturated heterocycles. The molecule has 0 aliphatic heterocycles. The Balaban J connectivity index is 1.97. The van der Waals surface area contributed by atoms with E-state index in [1.54, 1.807) is 18.2 Å². The van der Waals surface area contributed by atoms with Crippen LogP contribution in [0.5, 0.6) is 0 Å². The molecule has 0 bridgehead atoms. The van der Waals surface area contributed by atoms with Crippen molar-refractivity contribution in [2.45, 2.75) is 18.9 Å². The third-order valence-corrected chi connectivity index (χ3v) is 3.85. The van der Waals surface area contributed by atoms with Gasteiger partial charge < -0.3 is 25.4 Å². The SMILES string of the molecule is CC(COC(=O)Nc1cccc(Cc2cccc(N)c2)c1)(OCO)C(=O)O. The highest BCUT2D eigenvalue weighted by atomic mass is 16.6. The highest BCUT2D eigenvalue weighted by Crippen LogP contribution is 2.17. The zero-order chi connectivity index (χ0) is 19.9. The van der Waals surface area contributed by atoms with E-state index in [2.05, 4.69) is 5.32 Å². The van der Waals surface area contributed by atoms with Crippen molar-refractivity contribution < 1.29 is 29.3 Å². The van der Waals surface area contributed by atoms with E-state index in [1.165, 1.54) is 6.92 Å². The number of aliphatic hydroxyl groups is 1. The van der Waals surface area contributed by atoms with Gasteiger partial charge in [-0.15, -0.1) is 0 Å². The predicted molar refractivity (Wildman–Crippen MR) is 99.3 cm³/mol. The first-order valence-electron chi connectivity index (χ1n) is 8.18. The maximum atomic E-state index is 11.9. The Kier molecular flexibility index (Phi) is 6.75. The number of hydrogen-bond acceptors (Lipinski definition) is 6. The number of carbonyl (C=O) groups excluding carboxylic acids is 1. The van der Waals surface area contributed by atoms with Crippen molar-refractivity contribution in [2.75, 3.05) is 24.5 Å². The fourth-order valence-corrected chi connectivity index (χ4v) is 2.36. The van der Waals surface area contributed by atoms with Gasteiger partial charge in [0.05, 0.1) is 0 Å². The van der Waals surface area contributed by atoms with Gasteiger partial charge in [0.15, 0.2) is 5.60 Å². The quantitative estimate of drug-likeness (QED) is 0.411. The Bertz CT molecular complexity index is 810. The van der Waals surface area contributed by atoms with Crippen LogP contribution in [-0.4, -0.2) is 41.3 Å². The van der Waals surface area contributed by atoms with Crippen molar-refractivity contribution in [3.05, 3.63) is 59.7 Å². The van der Waals surface area contributed by atoms with Crippen LogP contribution in [0.2, 0.25) is 0 Å². The van der Waals surface area contributed by atoms with Gasteiger partial charge in [-0.1, -0.05) is 24.3 Å². The van der Waals surface area contributed by atoms with E-state index in [1.807, 2.05) is 30.3 Å². The molecule has 0 spiro atoms. The number of carboxylic acids is 1. The predicted octanol–water partition coefficient (Wildman–Crippen LogP) is 2.22. The van der Waals surface area contributed by atoms with E-state index in [0.717, 1.165) is 11.1 Å². The van der Waals surface area contributed by atoms with Crippen LogP contribution >= 0.6 is 0 Å². The zero-order valence-corrected chi connectivity index (χ0v) is 14.8. The smallest absolute Gasteiger partial charge is 0.411 e. The molecule has 1 amide bonds. The van der Waals surface area contributed by atoms with Crippen LogP contribution in [0, 0.1) is 0 Å². The summed E-state index contributed by atoms with van der Waals surface area (Å²) in [4.78, 5) is 23.1. The lowest BCUT2D eigenvalue weighted by Crippen LogP contribution is -2.44. The van der Waals surface area contributed by atoms with Gasteiger partial charge in [-0.25, -0.2) is 9.59 Å². The van der Waals surface area contributed by atoms with Gasteiger partial charge in [-0.05, 0) is 48.7 Å². The summed E-state index contributed by atoms with van der Waals surface area (Å²) in [6.07, 6.45) is -0.193. The molecule has 2 aromatic rings. The highest BCUT2D eigenvalue weighted by Gasteiger charge is 2.36. The minimum atomic E-state index is -1.83. The lowest BCUT2D eigenvalue weighted by Gasteiger charge is -2.23. The third-order valence-electron chi connectivity index (χ3n) is 3.85. The normalized spacial score (nSPS) is 12.8. The summed E-state index contributed by atoms with van der Waals surface area (Å²) in [5, 5.41) is 20.4. The van der Waals surface area contributed by atoms with Crippen molar-refractivity contribution in [3.8, 4) is 0 Å². The molecule has 2 rings (SSSR count). The highest BCUT2D eigenvalue weighted by molar-refractivity contribution is 5.85. The number of carboxylic acid groups (broad SMARTS) is 1. The van der Waals surface area contributed by atoms with E-state index in [4.69, 9.17) is 25.4 Å². The van der Waals surface area contributed by atoms with Crippen molar-refractivity contribution in [2.24, 2.45) is 0 Å². The monoisotopic (exact) mass is 374 g/mol. The maximum absolute atomic E-state index is 11.9. The average molecular weight is 374 g/mol. The van der Waals surface area contributed by atoms with Crippen molar-refractivity contribution in [1.29, 1.82) is 0 Å². The van der Waals surface area contributed by atoms with Gasteiger partial charge in [-0.2, -0.15) is 0 Å². The summed E-state index contributed by atoms with van der Waals surface area (Å²) >= 11 is 0. The molecule has 0 fully saturated rings. The second-order valence-corrected chi connectivity index (χ2v) is 6.13. The average Bonchev–Trinajstić information content (AvgIpc) is 2.60. The number of nitrogens with two attached hydrogens (primary N) is 1. The molecule has 27 heavy (non-hydrogen) atoms. The molecule has 0 saturated carbocycles. The van der Waals surface area contributed by atoms with E-state index >= 15 is 0 Å². The summed E-state index contributed by atoms with van der Waals surface area (Å²) < 4.78 is 9.64. The van der Waals surface area contributed by atoms with E-state index in [-0.39, 0.29) is 0 Å². The van der Waals surface area contributed by atoms with Crippen molar-refractivity contribution >= 4 is 23.4 Å². The minimum Gasteiger partial charge on any atom is -0.479 e. The van der Waals surface area contributed by atoms with Crippen LogP contribution < -0.4 is 11.1 Å². The van der Waals surface area contributed by atoms with Crippen LogP contribution in [0.3, 0.4) is 0 Å². The lowest BCUT2D eigenvalue weighted by molar-refractivity contribution is -0.181.